The molecule has 0 atom stereocenters. The Bertz CT molecular complexity index is 603. The number of ether oxygens (including phenoxy) is 1. The van der Waals surface area contributed by atoms with E-state index in [0.717, 1.165) is 17.9 Å². The van der Waals surface area contributed by atoms with Crippen LogP contribution in [0.2, 0.25) is 0 Å². The number of anilines is 1. The fourth-order valence-corrected chi connectivity index (χ4v) is 2.13. The molecule has 0 saturated heterocycles. The van der Waals surface area contributed by atoms with Gasteiger partial charge in [0.1, 0.15) is 5.75 Å². The molecule has 6 nitrogen and oxygen atoms in total. The van der Waals surface area contributed by atoms with E-state index in [-0.39, 0.29) is 0 Å². The summed E-state index contributed by atoms with van der Waals surface area (Å²) in [6.07, 6.45) is 2.45. The fraction of sp³-hybridized carbons (Fsp3) is 0.462. The van der Waals surface area contributed by atoms with Crippen LogP contribution in [-0.2, 0) is 6.54 Å². The summed E-state index contributed by atoms with van der Waals surface area (Å²) in [7, 11) is 1.62. The van der Waals surface area contributed by atoms with Crippen LogP contribution in [0.4, 0.5) is 5.69 Å². The minimum atomic E-state index is 0.338. The van der Waals surface area contributed by atoms with Gasteiger partial charge in [-0.3, -0.25) is 0 Å². The molecule has 1 saturated carbocycles. The van der Waals surface area contributed by atoms with Crippen LogP contribution < -0.4 is 10.5 Å². The Morgan fingerprint density at radius 1 is 1.42 bits per heavy atom. The molecule has 1 aromatic carbocycles. The van der Waals surface area contributed by atoms with Crippen molar-refractivity contribution in [2.45, 2.75) is 26.3 Å². The molecule has 3 rings (SSSR count). The Labute approximate surface area is 111 Å². The van der Waals surface area contributed by atoms with Gasteiger partial charge >= 0.3 is 0 Å². The van der Waals surface area contributed by atoms with E-state index in [1.54, 1.807) is 13.2 Å². The van der Waals surface area contributed by atoms with Crippen molar-refractivity contribution in [1.29, 1.82) is 0 Å². The number of tetrazole rings is 1. The van der Waals surface area contributed by atoms with Crippen molar-refractivity contribution in [2.75, 3.05) is 12.8 Å². The number of rotatable bonds is 4. The van der Waals surface area contributed by atoms with Crippen molar-refractivity contribution in [3.8, 4) is 17.1 Å². The second kappa shape index (κ2) is 4.22. The molecule has 1 aromatic heterocycles. The SMILES string of the molecule is COc1cc(N)ccc1-c1nnnn1CC1(C)CC1. The van der Waals surface area contributed by atoms with Crippen LogP contribution in [0.3, 0.4) is 0 Å². The number of nitrogens with two attached hydrogens (primary N) is 1. The second-order valence-corrected chi connectivity index (χ2v) is 5.43. The molecule has 1 fully saturated rings. The Kier molecular flexibility index (Phi) is 2.66. The van der Waals surface area contributed by atoms with E-state index in [9.17, 15) is 0 Å². The predicted molar refractivity (Wildman–Crippen MR) is 71.6 cm³/mol. The lowest BCUT2D eigenvalue weighted by molar-refractivity contribution is 0.412. The third-order valence-corrected chi connectivity index (χ3v) is 3.63. The van der Waals surface area contributed by atoms with Crippen molar-refractivity contribution < 1.29 is 4.74 Å². The minimum Gasteiger partial charge on any atom is -0.496 e. The van der Waals surface area contributed by atoms with E-state index in [0.29, 0.717) is 16.9 Å². The lowest BCUT2D eigenvalue weighted by atomic mass is 10.1. The van der Waals surface area contributed by atoms with Crippen LogP contribution in [0, 0.1) is 5.41 Å². The first-order valence-electron chi connectivity index (χ1n) is 6.31. The third kappa shape index (κ3) is 2.25. The molecule has 0 amide bonds. The summed E-state index contributed by atoms with van der Waals surface area (Å²) in [5.41, 5.74) is 7.63. The van der Waals surface area contributed by atoms with Gasteiger partial charge in [0, 0.05) is 11.8 Å². The van der Waals surface area contributed by atoms with Gasteiger partial charge in [-0.25, -0.2) is 4.68 Å². The Hall–Kier alpha value is -2.11. The number of hydrogen-bond acceptors (Lipinski definition) is 5. The van der Waals surface area contributed by atoms with Crippen molar-refractivity contribution in [3.63, 3.8) is 0 Å². The number of nitrogens with zero attached hydrogens (tertiary/aromatic N) is 4. The van der Waals surface area contributed by atoms with Crippen LogP contribution in [0.5, 0.6) is 5.75 Å². The number of nitrogen functional groups attached to an aromatic ring is 1. The predicted octanol–water partition coefficient (Wildman–Crippen LogP) is 1.73. The van der Waals surface area contributed by atoms with Crippen LogP contribution in [0.1, 0.15) is 19.8 Å². The zero-order chi connectivity index (χ0) is 13.5. The number of aromatic nitrogens is 4. The topological polar surface area (TPSA) is 78.8 Å². The quantitative estimate of drug-likeness (QED) is 0.846. The molecule has 1 heterocycles. The van der Waals surface area contributed by atoms with E-state index >= 15 is 0 Å². The van der Waals surface area contributed by atoms with E-state index in [2.05, 4.69) is 22.4 Å². The van der Waals surface area contributed by atoms with E-state index < -0.39 is 0 Å². The third-order valence-electron chi connectivity index (χ3n) is 3.63. The summed E-state index contributed by atoms with van der Waals surface area (Å²) in [5, 5.41) is 12.0. The van der Waals surface area contributed by atoms with Gasteiger partial charge < -0.3 is 10.5 Å². The van der Waals surface area contributed by atoms with Crippen LogP contribution in [-0.4, -0.2) is 27.3 Å². The summed E-state index contributed by atoms with van der Waals surface area (Å²) >= 11 is 0. The van der Waals surface area contributed by atoms with E-state index in [1.807, 2.05) is 16.8 Å². The molecule has 1 aliphatic carbocycles. The van der Waals surface area contributed by atoms with Crippen molar-refractivity contribution in [3.05, 3.63) is 18.2 Å². The highest BCUT2D eigenvalue weighted by Crippen LogP contribution is 2.46. The molecule has 19 heavy (non-hydrogen) atoms. The normalized spacial score (nSPS) is 16.3. The lowest BCUT2D eigenvalue weighted by Gasteiger charge is -2.12. The van der Waals surface area contributed by atoms with Gasteiger partial charge in [-0.15, -0.1) is 5.10 Å². The number of methoxy groups -OCH3 is 1. The van der Waals surface area contributed by atoms with Gasteiger partial charge in [-0.1, -0.05) is 6.92 Å². The maximum atomic E-state index is 5.77. The molecule has 0 bridgehead atoms. The molecule has 0 radical (unpaired) electrons. The molecular weight excluding hydrogens is 242 g/mol. The Balaban J connectivity index is 2.00. The standard InChI is InChI=1S/C13H17N5O/c1-13(5-6-13)8-18-12(15-16-17-18)10-4-3-9(14)7-11(10)19-2/h3-4,7H,5-6,8,14H2,1-2H3. The fourth-order valence-electron chi connectivity index (χ4n) is 2.13. The van der Waals surface area contributed by atoms with Crippen LogP contribution >= 0.6 is 0 Å². The molecule has 100 valence electrons. The second-order valence-electron chi connectivity index (χ2n) is 5.43. The minimum absolute atomic E-state index is 0.338. The summed E-state index contributed by atoms with van der Waals surface area (Å²) < 4.78 is 7.21. The van der Waals surface area contributed by atoms with Gasteiger partial charge in [-0.05, 0) is 40.8 Å². The van der Waals surface area contributed by atoms with Gasteiger partial charge in [0.25, 0.3) is 0 Å². The molecular formula is C13H17N5O. The highest BCUT2D eigenvalue weighted by atomic mass is 16.5. The Morgan fingerprint density at radius 2 is 2.21 bits per heavy atom. The van der Waals surface area contributed by atoms with Crippen molar-refractivity contribution in [1.82, 2.24) is 20.2 Å². The first-order valence-corrected chi connectivity index (χ1v) is 6.31. The van der Waals surface area contributed by atoms with Crippen LogP contribution in [0.25, 0.3) is 11.4 Å². The van der Waals surface area contributed by atoms with Gasteiger partial charge in [0.2, 0.25) is 0 Å². The highest BCUT2D eigenvalue weighted by Gasteiger charge is 2.38. The Morgan fingerprint density at radius 3 is 2.89 bits per heavy atom. The number of benzene rings is 1. The van der Waals surface area contributed by atoms with Gasteiger partial charge in [0.15, 0.2) is 5.82 Å². The molecule has 0 spiro atoms. The van der Waals surface area contributed by atoms with Crippen molar-refractivity contribution in [2.24, 2.45) is 5.41 Å². The molecule has 2 N–H and O–H groups in total. The average molecular weight is 259 g/mol. The van der Waals surface area contributed by atoms with Gasteiger partial charge in [-0.2, -0.15) is 0 Å². The molecule has 1 aliphatic rings. The summed E-state index contributed by atoms with van der Waals surface area (Å²) in [6, 6.07) is 5.51. The maximum Gasteiger partial charge on any atom is 0.185 e. The summed E-state index contributed by atoms with van der Waals surface area (Å²) in [4.78, 5) is 0. The van der Waals surface area contributed by atoms with Crippen molar-refractivity contribution >= 4 is 5.69 Å². The summed E-state index contributed by atoms with van der Waals surface area (Å²) in [5.74, 6) is 1.42. The monoisotopic (exact) mass is 259 g/mol. The molecule has 0 aliphatic heterocycles. The largest absolute Gasteiger partial charge is 0.496 e. The zero-order valence-electron chi connectivity index (χ0n) is 11.1. The van der Waals surface area contributed by atoms with E-state index in [4.69, 9.17) is 10.5 Å². The molecule has 0 unspecified atom stereocenters. The molecule has 6 heteroatoms. The maximum absolute atomic E-state index is 5.77. The van der Waals surface area contributed by atoms with Crippen LogP contribution in [0.15, 0.2) is 18.2 Å². The molecule has 2 aromatic rings. The first-order chi connectivity index (χ1) is 9.11. The smallest absolute Gasteiger partial charge is 0.185 e. The summed E-state index contributed by atoms with van der Waals surface area (Å²) in [6.45, 7) is 3.08. The average Bonchev–Trinajstić information content (AvgIpc) is 2.94. The van der Waals surface area contributed by atoms with E-state index in [1.165, 1.54) is 12.8 Å². The lowest BCUT2D eigenvalue weighted by Crippen LogP contribution is -2.11. The van der Waals surface area contributed by atoms with Gasteiger partial charge in [0.05, 0.1) is 19.2 Å². The highest BCUT2D eigenvalue weighted by molar-refractivity contribution is 5.67. The number of hydrogen-bond donors (Lipinski definition) is 1. The zero-order valence-corrected chi connectivity index (χ0v) is 11.1. The first kappa shape index (κ1) is 12.0.